The molecule has 33 heavy (non-hydrogen) atoms. The Morgan fingerprint density at radius 1 is 1.03 bits per heavy atom. The normalized spacial score (nSPS) is 16.3. The maximum Gasteiger partial charge on any atom is 0.255 e. The molecule has 170 valence electrons. The SMILES string of the molecule is O=C(c1ccc(NS(=O)(=O)/C=C/c2ccccc2)cc1)N1CCCC1Cc1cccc(F)c1. The molecule has 1 aliphatic rings. The van der Waals surface area contributed by atoms with Gasteiger partial charge in [0.15, 0.2) is 0 Å². The molecular weight excluding hydrogens is 439 g/mol. The summed E-state index contributed by atoms with van der Waals surface area (Å²) in [6.45, 7) is 0.650. The second kappa shape index (κ2) is 10.0. The fourth-order valence-electron chi connectivity index (χ4n) is 4.03. The molecule has 0 bridgehead atoms. The van der Waals surface area contributed by atoms with Gasteiger partial charge in [-0.25, -0.2) is 12.8 Å². The number of carbonyl (C=O) groups is 1. The second-order valence-corrected chi connectivity index (χ2v) is 9.63. The maximum atomic E-state index is 13.5. The van der Waals surface area contributed by atoms with E-state index in [1.54, 1.807) is 30.3 Å². The monoisotopic (exact) mass is 464 g/mol. The van der Waals surface area contributed by atoms with Gasteiger partial charge in [0.05, 0.1) is 5.41 Å². The number of likely N-dealkylation sites (tertiary alicyclic amines) is 1. The molecule has 0 spiro atoms. The van der Waals surface area contributed by atoms with Gasteiger partial charge < -0.3 is 4.90 Å². The van der Waals surface area contributed by atoms with E-state index in [0.717, 1.165) is 29.4 Å². The first-order valence-electron chi connectivity index (χ1n) is 10.8. The Balaban J connectivity index is 1.41. The van der Waals surface area contributed by atoms with Crippen LogP contribution in [0.3, 0.4) is 0 Å². The quantitative estimate of drug-likeness (QED) is 0.530. The van der Waals surface area contributed by atoms with Crippen LogP contribution >= 0.6 is 0 Å². The Labute approximate surface area is 193 Å². The van der Waals surface area contributed by atoms with Gasteiger partial charge in [-0.15, -0.1) is 0 Å². The zero-order valence-electron chi connectivity index (χ0n) is 18.0. The van der Waals surface area contributed by atoms with Gasteiger partial charge >= 0.3 is 0 Å². The van der Waals surface area contributed by atoms with Crippen LogP contribution in [-0.2, 0) is 16.4 Å². The van der Waals surface area contributed by atoms with Crippen molar-refractivity contribution in [1.82, 2.24) is 4.90 Å². The summed E-state index contributed by atoms with van der Waals surface area (Å²) in [5.41, 5.74) is 2.51. The topological polar surface area (TPSA) is 66.5 Å². The summed E-state index contributed by atoms with van der Waals surface area (Å²) in [6, 6.07) is 22.0. The van der Waals surface area contributed by atoms with Crippen molar-refractivity contribution >= 4 is 27.7 Å². The Bertz CT molecular complexity index is 1240. The molecule has 1 heterocycles. The molecule has 1 atom stereocenters. The van der Waals surface area contributed by atoms with E-state index in [1.165, 1.54) is 18.2 Å². The highest BCUT2D eigenvalue weighted by molar-refractivity contribution is 7.95. The number of nitrogens with zero attached hydrogens (tertiary/aromatic N) is 1. The highest BCUT2D eigenvalue weighted by Gasteiger charge is 2.29. The molecule has 1 N–H and O–H groups in total. The Kier molecular flexibility index (Phi) is 6.89. The number of hydrogen-bond donors (Lipinski definition) is 1. The molecule has 1 fully saturated rings. The lowest BCUT2D eigenvalue weighted by Gasteiger charge is -2.25. The lowest BCUT2D eigenvalue weighted by molar-refractivity contribution is 0.0736. The first-order valence-corrected chi connectivity index (χ1v) is 12.4. The van der Waals surface area contributed by atoms with Crippen LogP contribution in [0.2, 0.25) is 0 Å². The molecule has 5 nitrogen and oxygen atoms in total. The third-order valence-electron chi connectivity index (χ3n) is 5.63. The minimum atomic E-state index is -3.69. The van der Waals surface area contributed by atoms with Crippen LogP contribution < -0.4 is 4.72 Å². The molecule has 7 heteroatoms. The van der Waals surface area contributed by atoms with Crippen LogP contribution in [0.1, 0.15) is 34.3 Å². The Hall–Kier alpha value is -3.45. The molecule has 0 aliphatic carbocycles. The number of rotatable bonds is 7. The standard InChI is InChI=1S/C26H25FN2O3S/c27-23-9-4-8-21(18-23)19-25-10-5-16-29(25)26(30)22-11-13-24(14-12-22)28-33(31,32)17-15-20-6-2-1-3-7-20/h1-4,6-9,11-15,17-18,25,28H,5,10,16,19H2/b17-15+. The van der Waals surface area contributed by atoms with Crippen molar-refractivity contribution in [3.63, 3.8) is 0 Å². The van der Waals surface area contributed by atoms with Crippen molar-refractivity contribution < 1.29 is 17.6 Å². The Morgan fingerprint density at radius 3 is 2.52 bits per heavy atom. The summed E-state index contributed by atoms with van der Waals surface area (Å²) < 4.78 is 40.7. The molecule has 0 radical (unpaired) electrons. The minimum Gasteiger partial charge on any atom is -0.335 e. The van der Waals surface area contributed by atoms with Crippen LogP contribution in [0.25, 0.3) is 6.08 Å². The van der Waals surface area contributed by atoms with Gasteiger partial charge in [-0.2, -0.15) is 0 Å². The third kappa shape index (κ3) is 6.08. The molecule has 1 amide bonds. The number of hydrogen-bond acceptors (Lipinski definition) is 3. The minimum absolute atomic E-state index is 0.0144. The van der Waals surface area contributed by atoms with Gasteiger partial charge in [0.25, 0.3) is 15.9 Å². The summed E-state index contributed by atoms with van der Waals surface area (Å²) in [5, 5.41) is 1.11. The predicted molar refractivity (Wildman–Crippen MR) is 129 cm³/mol. The van der Waals surface area contributed by atoms with E-state index in [2.05, 4.69) is 4.72 Å². The average Bonchev–Trinajstić information content (AvgIpc) is 3.26. The molecule has 0 aromatic heterocycles. The van der Waals surface area contributed by atoms with Crippen LogP contribution in [0.5, 0.6) is 0 Å². The number of nitrogens with one attached hydrogen (secondary N) is 1. The van der Waals surface area contributed by atoms with E-state index >= 15 is 0 Å². The van der Waals surface area contributed by atoms with Gasteiger partial charge in [-0.3, -0.25) is 9.52 Å². The van der Waals surface area contributed by atoms with E-state index in [9.17, 15) is 17.6 Å². The molecule has 1 unspecified atom stereocenters. The number of benzene rings is 3. The lowest BCUT2D eigenvalue weighted by Crippen LogP contribution is -2.36. The maximum absolute atomic E-state index is 13.5. The fraction of sp³-hybridized carbons (Fsp3) is 0.192. The zero-order chi connectivity index (χ0) is 23.3. The summed E-state index contributed by atoms with van der Waals surface area (Å²) in [6.07, 6.45) is 3.90. The van der Waals surface area contributed by atoms with E-state index in [4.69, 9.17) is 0 Å². The summed E-state index contributed by atoms with van der Waals surface area (Å²) in [7, 11) is -3.69. The highest BCUT2D eigenvalue weighted by Crippen LogP contribution is 2.24. The van der Waals surface area contributed by atoms with Crippen LogP contribution in [0, 0.1) is 5.82 Å². The average molecular weight is 465 g/mol. The van der Waals surface area contributed by atoms with E-state index in [1.807, 2.05) is 41.3 Å². The predicted octanol–water partition coefficient (Wildman–Crippen LogP) is 5.09. The number of halogens is 1. The third-order valence-corrected chi connectivity index (χ3v) is 6.64. The zero-order valence-corrected chi connectivity index (χ0v) is 18.8. The first kappa shape index (κ1) is 22.7. The smallest absolute Gasteiger partial charge is 0.255 e. The van der Waals surface area contributed by atoms with Gasteiger partial charge in [0.2, 0.25) is 0 Å². The summed E-state index contributed by atoms with van der Waals surface area (Å²) >= 11 is 0. The van der Waals surface area contributed by atoms with Gasteiger partial charge in [0, 0.05) is 23.8 Å². The number of amides is 1. The van der Waals surface area contributed by atoms with E-state index in [0.29, 0.717) is 24.2 Å². The van der Waals surface area contributed by atoms with E-state index in [-0.39, 0.29) is 17.8 Å². The molecule has 1 aliphatic heterocycles. The fourth-order valence-corrected chi connectivity index (χ4v) is 4.90. The summed E-state index contributed by atoms with van der Waals surface area (Å²) in [5.74, 6) is -0.382. The van der Waals surface area contributed by atoms with Crippen molar-refractivity contribution in [2.75, 3.05) is 11.3 Å². The van der Waals surface area contributed by atoms with Crippen molar-refractivity contribution in [3.05, 3.63) is 107 Å². The number of anilines is 1. The van der Waals surface area contributed by atoms with Crippen LogP contribution in [0.4, 0.5) is 10.1 Å². The largest absolute Gasteiger partial charge is 0.335 e. The van der Waals surface area contributed by atoms with Crippen LogP contribution in [0.15, 0.2) is 84.3 Å². The van der Waals surface area contributed by atoms with Crippen molar-refractivity contribution in [2.24, 2.45) is 0 Å². The van der Waals surface area contributed by atoms with Gasteiger partial charge in [-0.05, 0) is 72.9 Å². The lowest BCUT2D eigenvalue weighted by atomic mass is 10.0. The number of sulfonamides is 1. The van der Waals surface area contributed by atoms with Gasteiger partial charge in [0.1, 0.15) is 5.82 Å². The van der Waals surface area contributed by atoms with Crippen LogP contribution in [-0.4, -0.2) is 31.8 Å². The molecular formula is C26H25FN2O3S. The molecule has 0 saturated carbocycles. The van der Waals surface area contributed by atoms with Crippen molar-refractivity contribution in [3.8, 4) is 0 Å². The first-order chi connectivity index (χ1) is 15.9. The number of carbonyl (C=O) groups excluding carboxylic acids is 1. The van der Waals surface area contributed by atoms with Crippen molar-refractivity contribution in [2.45, 2.75) is 25.3 Å². The van der Waals surface area contributed by atoms with Gasteiger partial charge in [-0.1, -0.05) is 42.5 Å². The molecule has 1 saturated heterocycles. The summed E-state index contributed by atoms with van der Waals surface area (Å²) in [4.78, 5) is 14.9. The second-order valence-electron chi connectivity index (χ2n) is 8.07. The molecule has 4 rings (SSSR count). The van der Waals surface area contributed by atoms with Crippen molar-refractivity contribution in [1.29, 1.82) is 0 Å². The molecule has 3 aromatic rings. The Morgan fingerprint density at radius 2 is 1.79 bits per heavy atom. The highest BCUT2D eigenvalue weighted by atomic mass is 32.2. The molecule has 3 aromatic carbocycles. The van der Waals surface area contributed by atoms with E-state index < -0.39 is 10.0 Å².